The Kier molecular flexibility index (Phi) is 5.11. The van der Waals surface area contributed by atoms with E-state index in [1.165, 1.54) is 6.92 Å². The minimum absolute atomic E-state index is 0.166. The van der Waals surface area contributed by atoms with Crippen molar-refractivity contribution in [1.29, 1.82) is 0 Å². The molecule has 0 aliphatic carbocycles. The lowest BCUT2D eigenvalue weighted by atomic mass is 10.00. The van der Waals surface area contributed by atoms with Crippen LogP contribution in [-0.4, -0.2) is 18.8 Å². The van der Waals surface area contributed by atoms with Crippen molar-refractivity contribution in [1.82, 2.24) is 0 Å². The molecule has 0 radical (unpaired) electrons. The molecular weight excluding hydrogens is 230 g/mol. The smallest absolute Gasteiger partial charge is 0.235 e. The second-order valence-electron chi connectivity index (χ2n) is 3.91. The van der Waals surface area contributed by atoms with Gasteiger partial charge >= 0.3 is 0 Å². The number of amides is 1. The lowest BCUT2D eigenvalue weighted by Gasteiger charge is -2.12. The third-order valence-electron chi connectivity index (χ3n) is 2.57. The maximum absolute atomic E-state index is 11.9. The molecule has 0 aliphatic rings. The van der Waals surface area contributed by atoms with Crippen molar-refractivity contribution in [3.63, 3.8) is 0 Å². The quantitative estimate of drug-likeness (QED) is 0.620. The summed E-state index contributed by atoms with van der Waals surface area (Å²) in [5.74, 6) is -0.444. The molecule has 0 spiro atoms. The first-order chi connectivity index (χ1) is 8.58. The number of nitrogens with one attached hydrogen (secondary N) is 1. The summed E-state index contributed by atoms with van der Waals surface area (Å²) in [6.45, 7) is 4.95. The number of hydrogen-bond donors (Lipinski definition) is 1. The molecule has 0 bridgehead atoms. The highest BCUT2D eigenvalue weighted by Gasteiger charge is 2.21. The number of rotatable bonds is 6. The fourth-order valence-electron chi connectivity index (χ4n) is 1.53. The zero-order chi connectivity index (χ0) is 13.5. The van der Waals surface area contributed by atoms with E-state index in [9.17, 15) is 9.59 Å². The summed E-state index contributed by atoms with van der Waals surface area (Å²) in [7, 11) is 1.57. The molecule has 1 amide bonds. The number of benzene rings is 1. The summed E-state index contributed by atoms with van der Waals surface area (Å²) in [5.41, 5.74) is 0.635. The van der Waals surface area contributed by atoms with Gasteiger partial charge in [0.2, 0.25) is 5.91 Å². The van der Waals surface area contributed by atoms with Crippen LogP contribution in [0.25, 0.3) is 0 Å². The highest BCUT2D eigenvalue weighted by atomic mass is 16.5. The predicted octanol–water partition coefficient (Wildman–Crippen LogP) is 2.42. The highest BCUT2D eigenvalue weighted by molar-refractivity contribution is 6.06. The molecule has 0 saturated carbocycles. The largest absolute Gasteiger partial charge is 0.497 e. The molecule has 96 valence electrons. The number of ketones is 1. The second-order valence-corrected chi connectivity index (χ2v) is 3.91. The average Bonchev–Trinajstić information content (AvgIpc) is 2.36. The van der Waals surface area contributed by atoms with E-state index in [4.69, 9.17) is 4.74 Å². The van der Waals surface area contributed by atoms with Crippen LogP contribution in [0.3, 0.4) is 0 Å². The molecule has 1 unspecified atom stereocenters. The Bertz CT molecular complexity index is 437. The molecule has 1 aromatic rings. The van der Waals surface area contributed by atoms with Crippen LogP contribution in [-0.2, 0) is 9.59 Å². The Balaban J connectivity index is 2.72. The van der Waals surface area contributed by atoms with Gasteiger partial charge in [-0.2, -0.15) is 0 Å². The molecule has 0 heterocycles. The molecule has 0 saturated heterocycles. The number of methoxy groups -OCH3 is 1. The van der Waals surface area contributed by atoms with Crippen LogP contribution in [0.15, 0.2) is 36.9 Å². The predicted molar refractivity (Wildman–Crippen MR) is 70.6 cm³/mol. The van der Waals surface area contributed by atoms with Crippen molar-refractivity contribution >= 4 is 17.4 Å². The SMILES string of the molecule is C=CCC(C(C)=O)C(=O)Nc1ccc(OC)cc1. The van der Waals surface area contributed by atoms with Crippen LogP contribution < -0.4 is 10.1 Å². The molecule has 0 aromatic heterocycles. The molecule has 1 rings (SSSR count). The van der Waals surface area contributed by atoms with Crippen molar-refractivity contribution in [3.05, 3.63) is 36.9 Å². The molecule has 0 fully saturated rings. The fourth-order valence-corrected chi connectivity index (χ4v) is 1.53. The van der Waals surface area contributed by atoms with E-state index in [0.29, 0.717) is 17.9 Å². The lowest BCUT2D eigenvalue weighted by molar-refractivity contribution is -0.129. The first kappa shape index (κ1) is 14.0. The van der Waals surface area contributed by atoms with Gasteiger partial charge in [-0.1, -0.05) is 6.08 Å². The standard InChI is InChI=1S/C14H17NO3/c1-4-5-13(10(2)16)14(17)15-11-6-8-12(18-3)9-7-11/h4,6-9,13H,1,5H2,2-3H3,(H,15,17). The monoisotopic (exact) mass is 247 g/mol. The third kappa shape index (κ3) is 3.73. The summed E-state index contributed by atoms with van der Waals surface area (Å²) < 4.78 is 5.02. The first-order valence-electron chi connectivity index (χ1n) is 5.64. The van der Waals surface area contributed by atoms with Crippen molar-refractivity contribution < 1.29 is 14.3 Å². The number of hydrogen-bond acceptors (Lipinski definition) is 3. The van der Waals surface area contributed by atoms with Crippen LogP contribution in [0.4, 0.5) is 5.69 Å². The Labute approximate surface area is 107 Å². The molecule has 1 N–H and O–H groups in total. The first-order valence-corrected chi connectivity index (χ1v) is 5.64. The van der Waals surface area contributed by atoms with E-state index >= 15 is 0 Å². The lowest BCUT2D eigenvalue weighted by Crippen LogP contribution is -2.27. The van der Waals surface area contributed by atoms with Gasteiger partial charge in [0.25, 0.3) is 0 Å². The molecule has 4 heteroatoms. The van der Waals surface area contributed by atoms with E-state index in [-0.39, 0.29) is 11.7 Å². The topological polar surface area (TPSA) is 55.4 Å². The van der Waals surface area contributed by atoms with Crippen LogP contribution in [0.1, 0.15) is 13.3 Å². The van der Waals surface area contributed by atoms with Gasteiger partial charge in [-0.3, -0.25) is 9.59 Å². The van der Waals surface area contributed by atoms with E-state index in [0.717, 1.165) is 0 Å². The van der Waals surface area contributed by atoms with Gasteiger partial charge in [0.15, 0.2) is 0 Å². The number of allylic oxidation sites excluding steroid dienone is 1. The average molecular weight is 247 g/mol. The molecule has 0 aliphatic heterocycles. The Morgan fingerprint density at radius 1 is 1.39 bits per heavy atom. The summed E-state index contributed by atoms with van der Waals surface area (Å²) >= 11 is 0. The van der Waals surface area contributed by atoms with E-state index in [1.807, 2.05) is 0 Å². The third-order valence-corrected chi connectivity index (χ3v) is 2.57. The van der Waals surface area contributed by atoms with Crippen molar-refractivity contribution in [2.45, 2.75) is 13.3 Å². The van der Waals surface area contributed by atoms with E-state index in [1.54, 1.807) is 37.5 Å². The van der Waals surface area contributed by atoms with Crippen molar-refractivity contribution in [3.8, 4) is 5.75 Å². The molecule has 18 heavy (non-hydrogen) atoms. The van der Waals surface area contributed by atoms with Gasteiger partial charge < -0.3 is 10.1 Å². The maximum atomic E-state index is 11.9. The van der Waals surface area contributed by atoms with Crippen LogP contribution in [0.5, 0.6) is 5.75 Å². The van der Waals surface area contributed by atoms with Crippen LogP contribution >= 0.6 is 0 Å². The summed E-state index contributed by atoms with van der Waals surface area (Å²) in [5, 5.41) is 2.70. The Morgan fingerprint density at radius 2 is 2.00 bits per heavy atom. The molecule has 1 atom stereocenters. The van der Waals surface area contributed by atoms with E-state index < -0.39 is 5.92 Å². The normalized spacial score (nSPS) is 11.4. The number of anilines is 1. The van der Waals surface area contributed by atoms with Gasteiger partial charge in [0.05, 0.1) is 13.0 Å². The summed E-state index contributed by atoms with van der Waals surface area (Å²) in [4.78, 5) is 23.2. The minimum Gasteiger partial charge on any atom is -0.497 e. The van der Waals surface area contributed by atoms with E-state index in [2.05, 4.69) is 11.9 Å². The molecule has 1 aromatic carbocycles. The van der Waals surface area contributed by atoms with Crippen LogP contribution in [0.2, 0.25) is 0 Å². The van der Waals surface area contributed by atoms with Gasteiger partial charge in [-0.15, -0.1) is 6.58 Å². The molecule has 4 nitrogen and oxygen atoms in total. The number of ether oxygens (including phenoxy) is 1. The Morgan fingerprint density at radius 3 is 2.44 bits per heavy atom. The zero-order valence-electron chi connectivity index (χ0n) is 10.6. The van der Waals surface area contributed by atoms with Gasteiger partial charge in [-0.05, 0) is 37.6 Å². The Hall–Kier alpha value is -2.10. The zero-order valence-corrected chi connectivity index (χ0v) is 10.6. The minimum atomic E-state index is -0.676. The van der Waals surface area contributed by atoms with Gasteiger partial charge in [0, 0.05) is 5.69 Å². The number of carbonyl (C=O) groups is 2. The summed E-state index contributed by atoms with van der Waals surface area (Å²) in [6, 6.07) is 6.93. The van der Waals surface area contributed by atoms with Crippen molar-refractivity contribution in [2.24, 2.45) is 5.92 Å². The number of Topliss-reactive ketones (excluding diaryl/α,β-unsaturated/α-hetero) is 1. The summed E-state index contributed by atoms with van der Waals surface area (Å²) in [6.07, 6.45) is 1.91. The van der Waals surface area contributed by atoms with Gasteiger partial charge in [0.1, 0.15) is 11.5 Å². The highest BCUT2D eigenvalue weighted by Crippen LogP contribution is 2.16. The van der Waals surface area contributed by atoms with Crippen molar-refractivity contribution in [2.75, 3.05) is 12.4 Å². The second kappa shape index (κ2) is 6.59. The van der Waals surface area contributed by atoms with Gasteiger partial charge in [-0.25, -0.2) is 0 Å². The van der Waals surface area contributed by atoms with Crippen LogP contribution in [0, 0.1) is 5.92 Å². The number of carbonyl (C=O) groups excluding carboxylic acids is 2. The fraction of sp³-hybridized carbons (Fsp3) is 0.286. The molecular formula is C14H17NO3. The maximum Gasteiger partial charge on any atom is 0.235 e.